The minimum absolute atomic E-state index is 0. The molecule has 10 aliphatic carbocycles. The molecular weight excluding hydrogens is 889 g/mol. The quantitative estimate of drug-likeness (QED) is 0.227. The summed E-state index contributed by atoms with van der Waals surface area (Å²) in [5, 5.41) is 0. The van der Waals surface area contributed by atoms with Gasteiger partial charge in [0.1, 0.15) is 0 Å². The molecule has 0 heteroatoms. The summed E-state index contributed by atoms with van der Waals surface area (Å²) in [7, 11) is 0. The highest BCUT2D eigenvalue weighted by Gasteiger charge is 1.99. The Bertz CT molecular complexity index is 280. The van der Waals surface area contributed by atoms with Crippen LogP contribution in [0, 0.1) is 11.8 Å². The maximum atomic E-state index is 2.17. The van der Waals surface area contributed by atoms with Crippen molar-refractivity contribution in [3.63, 3.8) is 0 Å². The molecule has 0 aromatic carbocycles. The molecule has 0 bridgehead atoms. The highest BCUT2D eigenvalue weighted by atomic mass is 14.0. The van der Waals surface area contributed by atoms with E-state index in [1.54, 1.807) is 0 Å². The fourth-order valence-corrected chi connectivity index (χ4v) is 2.50. The normalized spacial score (nSPS) is 14.5. The molecule has 0 aromatic heterocycles. The van der Waals surface area contributed by atoms with Gasteiger partial charge in [-0.2, -0.15) is 0 Å². The third kappa shape index (κ3) is 227. The average Bonchev–Trinajstić information content (AvgIpc) is 2.99. The van der Waals surface area contributed by atoms with Gasteiger partial charge >= 0.3 is 0 Å². The summed E-state index contributed by atoms with van der Waals surface area (Å²) >= 11 is 0. The first kappa shape index (κ1) is 140. The summed E-state index contributed by atoms with van der Waals surface area (Å²) in [6, 6.07) is 0. The molecule has 10 saturated carbocycles. The molecule has 10 aliphatic rings. The second-order valence-electron chi connectivity index (χ2n) is 17.6. The summed E-state index contributed by atoms with van der Waals surface area (Å²) in [5.41, 5.74) is 0. The van der Waals surface area contributed by atoms with Crippen molar-refractivity contribution in [2.24, 2.45) is 11.8 Å². The van der Waals surface area contributed by atoms with E-state index in [0.717, 1.165) is 11.8 Å². The van der Waals surface area contributed by atoms with Crippen molar-refractivity contribution < 1.29 is 0 Å². The predicted molar refractivity (Wildman–Crippen MR) is 386 cm³/mol. The molecule has 0 spiro atoms. The fraction of sp³-hybridized carbons (Fsp3) is 1.00. The summed E-state index contributed by atoms with van der Waals surface area (Å²) in [6.45, 7) is 41.0. The van der Waals surface area contributed by atoms with Crippen molar-refractivity contribution in [2.75, 3.05) is 0 Å². The molecule has 0 amide bonds. The molecule has 10 fully saturated rings. The Balaban J connectivity index is -0.0000000210. The summed E-state index contributed by atoms with van der Waals surface area (Å²) < 4.78 is 0. The Hall–Kier alpha value is 0. The van der Waals surface area contributed by atoms with Crippen LogP contribution >= 0.6 is 0 Å². The van der Waals surface area contributed by atoms with Crippen LogP contribution in [0.5, 0.6) is 0 Å². The van der Waals surface area contributed by atoms with Gasteiger partial charge in [-0.05, 0) is 11.8 Å². The summed E-state index contributed by atoms with van der Waals surface area (Å²) in [4.78, 5) is 0. The highest BCUT2D eigenvalue weighted by molar-refractivity contribution is 4.54. The van der Waals surface area contributed by atoms with Crippen LogP contribution < -0.4 is 0 Å². The van der Waals surface area contributed by atoms with Gasteiger partial charge in [-0.1, -0.05) is 484 Å². The lowest BCUT2D eigenvalue weighted by Crippen LogP contribution is -1.85. The number of hydrogen-bond acceptors (Lipinski definition) is 0. The lowest BCUT2D eigenvalue weighted by molar-refractivity contribution is 0.504. The smallest absolute Gasteiger partial charge is 0.0500 e. The molecule has 0 nitrogen and oxygen atoms in total. The molecular formula is C74H190. The predicted octanol–water partition coefficient (Wildman–Crippen LogP) is 33.7. The van der Waals surface area contributed by atoms with Crippen LogP contribution in [-0.2, 0) is 0 Å². The summed E-state index contributed by atoms with van der Waals surface area (Å²) in [6.07, 6.45) is 60.0. The molecule has 0 radical (unpaired) electrons. The van der Waals surface area contributed by atoms with E-state index in [-0.39, 0.29) is 89.1 Å². The fourth-order valence-electron chi connectivity index (χ4n) is 2.50. The van der Waals surface area contributed by atoms with Crippen LogP contribution in [0.3, 0.4) is 0 Å². The lowest BCUT2D eigenvalue weighted by Gasteiger charge is -2.05. The Morgan fingerprint density at radius 1 is 0.108 bits per heavy atom. The van der Waals surface area contributed by atoms with E-state index in [2.05, 4.69) is 41.5 Å². The van der Waals surface area contributed by atoms with Crippen molar-refractivity contribution in [1.29, 1.82) is 0 Å². The molecule has 0 heterocycles. The Morgan fingerprint density at radius 3 is 0.122 bits per heavy atom. The zero-order valence-electron chi connectivity index (χ0n) is 49.4. The maximum absolute atomic E-state index is 2.17. The minimum Gasteiger partial charge on any atom is -0.0776 e. The van der Waals surface area contributed by atoms with Crippen LogP contribution in [0.25, 0.3) is 0 Å². The van der Waals surface area contributed by atoms with Crippen LogP contribution in [0.15, 0.2) is 0 Å². The first-order valence-corrected chi connectivity index (χ1v) is 30.5. The van der Waals surface area contributed by atoms with Crippen molar-refractivity contribution in [3.05, 3.63) is 0 Å². The molecule has 0 N–H and O–H groups in total. The van der Waals surface area contributed by atoms with Crippen LogP contribution in [0.2, 0.25) is 0 Å². The SMILES string of the molecule is C.C.C.C.C.C.C.C.C.C.C.C.C1CCC1.C1CCC1.C1CCC1.C1CCC1.C1CCC1.C1CCC1.C1CCC1.C1CCC1.C1CCC1.C1CCC1.CC.CC.CC.CC.CC.CC.CC.CC(C)C.CC(C)C. The van der Waals surface area contributed by atoms with Gasteiger partial charge in [-0.3, -0.25) is 0 Å². The van der Waals surface area contributed by atoms with Crippen molar-refractivity contribution >= 4 is 0 Å². The van der Waals surface area contributed by atoms with Gasteiger partial charge in [0.05, 0.1) is 0 Å². The van der Waals surface area contributed by atoms with E-state index in [9.17, 15) is 0 Å². The van der Waals surface area contributed by atoms with E-state index in [4.69, 9.17) is 0 Å². The second-order valence-corrected chi connectivity index (χ2v) is 17.6. The van der Waals surface area contributed by atoms with Gasteiger partial charge in [0, 0.05) is 0 Å². The molecule has 0 aliphatic heterocycles. The van der Waals surface area contributed by atoms with Gasteiger partial charge < -0.3 is 0 Å². The van der Waals surface area contributed by atoms with E-state index < -0.39 is 0 Å². The van der Waals surface area contributed by atoms with Gasteiger partial charge in [-0.25, -0.2) is 0 Å². The second kappa shape index (κ2) is 179. The number of rotatable bonds is 0. The van der Waals surface area contributed by atoms with Crippen molar-refractivity contribution in [2.45, 2.75) is 484 Å². The van der Waals surface area contributed by atoms with Gasteiger partial charge in [-0.15, -0.1) is 0 Å². The molecule has 0 aromatic rings. The maximum Gasteiger partial charge on any atom is -0.0500 e. The van der Waals surface area contributed by atoms with E-state index >= 15 is 0 Å². The first-order chi connectivity index (χ1) is 30.5. The van der Waals surface area contributed by atoms with Crippen LogP contribution in [0.4, 0.5) is 0 Å². The number of hydrogen-bond donors (Lipinski definition) is 0. The lowest BCUT2D eigenvalue weighted by atomic mass is 10.0. The van der Waals surface area contributed by atoms with Gasteiger partial charge in [0.15, 0.2) is 0 Å². The van der Waals surface area contributed by atoms with Crippen molar-refractivity contribution in [1.82, 2.24) is 0 Å². The third-order valence-corrected chi connectivity index (χ3v) is 10.00. The van der Waals surface area contributed by atoms with Crippen molar-refractivity contribution in [3.8, 4) is 0 Å². The monoisotopic (exact) mass is 1080 g/mol. The topological polar surface area (TPSA) is 0 Å². The van der Waals surface area contributed by atoms with Crippen LogP contribution in [0.1, 0.15) is 484 Å². The zero-order chi connectivity index (χ0) is 49.4. The molecule has 0 atom stereocenters. The Morgan fingerprint density at radius 2 is 0.122 bits per heavy atom. The van der Waals surface area contributed by atoms with E-state index in [1.165, 1.54) is 257 Å². The average molecular weight is 1080 g/mol. The molecule has 0 unspecified atom stereocenters. The first-order valence-electron chi connectivity index (χ1n) is 30.5. The van der Waals surface area contributed by atoms with Gasteiger partial charge in [0.25, 0.3) is 0 Å². The zero-order valence-corrected chi connectivity index (χ0v) is 49.4. The molecule has 486 valence electrons. The minimum atomic E-state index is 0. The highest BCUT2D eigenvalue weighted by Crippen LogP contribution is 2.18. The third-order valence-electron chi connectivity index (χ3n) is 10.00. The van der Waals surface area contributed by atoms with Crippen LogP contribution in [-0.4, -0.2) is 0 Å². The molecule has 10 rings (SSSR count). The van der Waals surface area contributed by atoms with E-state index in [1.807, 2.05) is 96.9 Å². The Labute approximate surface area is 493 Å². The van der Waals surface area contributed by atoms with Gasteiger partial charge in [0.2, 0.25) is 0 Å². The molecule has 0 saturated heterocycles. The summed E-state index contributed by atoms with van der Waals surface area (Å²) in [5.74, 6) is 1.67. The standard InChI is InChI=1S/10C4H8.2C4H10.7C2H6.12CH4/c10*1-2-4-3-1;2*1-4(2)3;7*1-2;;;;;;;;;;;;/h10*1-4H2;2*4H,1-3H3;7*1-2H3;12*1H4. The Kier molecular flexibility index (Phi) is 339. The largest absolute Gasteiger partial charge is 0.0776 e. The molecule has 74 heavy (non-hydrogen) atoms. The van der Waals surface area contributed by atoms with E-state index in [0.29, 0.717) is 0 Å².